The van der Waals surface area contributed by atoms with Gasteiger partial charge in [-0.2, -0.15) is 0 Å². The molecule has 0 aromatic heterocycles. The first-order valence-electron chi connectivity index (χ1n) is 12.0. The van der Waals surface area contributed by atoms with Crippen molar-refractivity contribution in [3.63, 3.8) is 0 Å². The average Bonchev–Trinajstić information content (AvgIpc) is 3.23. The molecule has 2 aliphatic rings. The molecule has 1 aromatic rings. The van der Waals surface area contributed by atoms with Gasteiger partial charge in [0.05, 0.1) is 23.6 Å². The molecule has 5 amide bonds. The van der Waals surface area contributed by atoms with Crippen LogP contribution in [0.5, 0.6) is 0 Å². The Morgan fingerprint density at radius 1 is 1.06 bits per heavy atom. The van der Waals surface area contributed by atoms with E-state index in [-0.39, 0.29) is 29.5 Å². The number of fused-ring (bicyclic) bond motifs is 1. The number of nitrogens with one attached hydrogen (secondary N) is 3. The number of carbonyl (C=O) groups excluding carboxylic acids is 5. The molecule has 36 heavy (non-hydrogen) atoms. The molecular formula is C25H35N5O6. The summed E-state index contributed by atoms with van der Waals surface area (Å²) < 4.78 is 0. The smallest absolute Gasteiger partial charge is 0.265 e. The fourth-order valence-electron chi connectivity index (χ4n) is 4.61. The zero-order valence-corrected chi connectivity index (χ0v) is 21.5. The van der Waals surface area contributed by atoms with Crippen molar-refractivity contribution < 1.29 is 29.2 Å². The van der Waals surface area contributed by atoms with Gasteiger partial charge in [0.15, 0.2) is 0 Å². The van der Waals surface area contributed by atoms with Crippen LogP contribution in [0.4, 0.5) is 0 Å². The second kappa shape index (κ2) is 10.4. The lowest BCUT2D eigenvalue weighted by atomic mass is 9.84. The van der Waals surface area contributed by atoms with Gasteiger partial charge in [-0.25, -0.2) is 5.06 Å². The summed E-state index contributed by atoms with van der Waals surface area (Å²) >= 11 is 0. The fourth-order valence-corrected chi connectivity index (χ4v) is 4.61. The van der Waals surface area contributed by atoms with E-state index in [2.05, 4.69) is 16.0 Å². The van der Waals surface area contributed by atoms with Crippen molar-refractivity contribution in [1.82, 2.24) is 25.9 Å². The number of imide groups is 1. The SMILES string of the molecule is CNC(=O)[C@@H](NC(=O)[C@H](CC(C)C)[C@@H]1NC(CN2C(=O)c3ccccc3C2=O)N(O)C1=O)C(C)(C)C. The van der Waals surface area contributed by atoms with Crippen molar-refractivity contribution >= 4 is 29.5 Å². The van der Waals surface area contributed by atoms with E-state index in [0.717, 1.165) is 4.90 Å². The lowest BCUT2D eigenvalue weighted by molar-refractivity contribution is -0.168. The molecule has 0 bridgehead atoms. The summed E-state index contributed by atoms with van der Waals surface area (Å²) in [5.74, 6) is -3.54. The number of benzene rings is 1. The molecule has 4 atom stereocenters. The molecule has 2 aliphatic heterocycles. The normalized spacial score (nSPS) is 21.6. The van der Waals surface area contributed by atoms with Crippen LogP contribution >= 0.6 is 0 Å². The van der Waals surface area contributed by atoms with Gasteiger partial charge in [0.25, 0.3) is 17.7 Å². The van der Waals surface area contributed by atoms with E-state index in [1.54, 1.807) is 24.3 Å². The molecular weight excluding hydrogens is 466 g/mol. The Hall–Kier alpha value is -3.31. The van der Waals surface area contributed by atoms with E-state index in [1.165, 1.54) is 7.05 Å². The summed E-state index contributed by atoms with van der Waals surface area (Å²) in [5, 5.41) is 19.3. The molecule has 0 spiro atoms. The largest absolute Gasteiger partial charge is 0.357 e. The number of hydrogen-bond acceptors (Lipinski definition) is 7. The summed E-state index contributed by atoms with van der Waals surface area (Å²) in [4.78, 5) is 65.4. The highest BCUT2D eigenvalue weighted by Gasteiger charge is 2.48. The molecule has 4 N–H and O–H groups in total. The molecule has 0 radical (unpaired) electrons. The third-order valence-electron chi connectivity index (χ3n) is 6.52. The van der Waals surface area contributed by atoms with E-state index >= 15 is 0 Å². The van der Waals surface area contributed by atoms with Crippen LogP contribution in [0.25, 0.3) is 0 Å². The Labute approximate surface area is 210 Å². The van der Waals surface area contributed by atoms with Gasteiger partial charge in [0, 0.05) is 7.05 Å². The number of hydrogen-bond donors (Lipinski definition) is 4. The topological polar surface area (TPSA) is 148 Å². The molecule has 196 valence electrons. The van der Waals surface area contributed by atoms with E-state index in [4.69, 9.17) is 0 Å². The maximum Gasteiger partial charge on any atom is 0.265 e. The van der Waals surface area contributed by atoms with Crippen molar-refractivity contribution in [2.75, 3.05) is 13.6 Å². The number of nitrogens with zero attached hydrogens (tertiary/aromatic N) is 2. The van der Waals surface area contributed by atoms with Gasteiger partial charge in [-0.05, 0) is 29.9 Å². The third kappa shape index (κ3) is 5.26. The van der Waals surface area contributed by atoms with Crippen LogP contribution in [-0.4, -0.2) is 76.5 Å². The van der Waals surface area contributed by atoms with Crippen molar-refractivity contribution in [3.8, 4) is 0 Å². The van der Waals surface area contributed by atoms with Crippen LogP contribution in [0, 0.1) is 17.3 Å². The van der Waals surface area contributed by atoms with Crippen molar-refractivity contribution in [2.45, 2.75) is 59.3 Å². The highest BCUT2D eigenvalue weighted by Crippen LogP contribution is 2.27. The maximum atomic E-state index is 13.4. The standard InChI is InChI=1S/C25H35N5O6/c1-13(2)11-16(20(31)28-19(21(32)26-6)25(3,4)5)18-24(35)30(36)17(27-18)12-29-22(33)14-9-7-8-10-15(14)23(29)34/h7-10,13,16-19,27,36H,11-12H2,1-6H3,(H,26,32)(H,28,31)/t16-,17?,18+,19-/m1/s1. The van der Waals surface area contributed by atoms with Gasteiger partial charge in [-0.3, -0.25) is 39.4 Å². The van der Waals surface area contributed by atoms with Crippen molar-refractivity contribution in [3.05, 3.63) is 35.4 Å². The van der Waals surface area contributed by atoms with E-state index < -0.39 is 53.2 Å². The summed E-state index contributed by atoms with van der Waals surface area (Å²) in [6, 6.07) is 4.44. The van der Waals surface area contributed by atoms with Crippen LogP contribution in [0.2, 0.25) is 0 Å². The summed E-state index contributed by atoms with van der Waals surface area (Å²) in [7, 11) is 1.48. The molecule has 0 aliphatic carbocycles. The molecule has 1 unspecified atom stereocenters. The average molecular weight is 502 g/mol. The van der Waals surface area contributed by atoms with E-state index in [9.17, 15) is 29.2 Å². The summed E-state index contributed by atoms with van der Waals surface area (Å²) in [5.41, 5.74) is -0.0814. The monoisotopic (exact) mass is 501 g/mol. The zero-order valence-electron chi connectivity index (χ0n) is 21.5. The fraction of sp³-hybridized carbons (Fsp3) is 0.560. The van der Waals surface area contributed by atoms with Crippen LogP contribution < -0.4 is 16.0 Å². The lowest BCUT2D eigenvalue weighted by Crippen LogP contribution is -2.57. The predicted octanol–water partition coefficient (Wildman–Crippen LogP) is 0.738. The highest BCUT2D eigenvalue weighted by atomic mass is 16.5. The second-order valence-electron chi connectivity index (χ2n) is 10.8. The first kappa shape index (κ1) is 27.3. The Bertz CT molecular complexity index is 1030. The molecule has 11 heteroatoms. The Morgan fingerprint density at radius 3 is 2.08 bits per heavy atom. The van der Waals surface area contributed by atoms with Gasteiger partial charge in [0.1, 0.15) is 18.2 Å². The van der Waals surface area contributed by atoms with Crippen molar-refractivity contribution in [2.24, 2.45) is 17.3 Å². The molecule has 1 fully saturated rings. The molecule has 0 saturated carbocycles. The molecule has 2 heterocycles. The zero-order chi connectivity index (χ0) is 26.9. The molecule has 3 rings (SSSR count). The molecule has 1 aromatic carbocycles. The Kier molecular flexibility index (Phi) is 7.85. The molecule has 11 nitrogen and oxygen atoms in total. The Morgan fingerprint density at radius 2 is 1.61 bits per heavy atom. The first-order valence-corrected chi connectivity index (χ1v) is 12.0. The minimum absolute atomic E-state index is 0.0193. The minimum atomic E-state index is -1.11. The van der Waals surface area contributed by atoms with Gasteiger partial charge >= 0.3 is 0 Å². The van der Waals surface area contributed by atoms with E-state index in [1.807, 2.05) is 34.6 Å². The van der Waals surface area contributed by atoms with Gasteiger partial charge in [-0.15, -0.1) is 0 Å². The third-order valence-corrected chi connectivity index (χ3v) is 6.52. The van der Waals surface area contributed by atoms with Gasteiger partial charge < -0.3 is 10.6 Å². The van der Waals surface area contributed by atoms with E-state index in [0.29, 0.717) is 11.5 Å². The first-order chi connectivity index (χ1) is 16.8. The number of likely N-dealkylation sites (N-methyl/N-ethyl adjacent to an activating group) is 1. The van der Waals surface area contributed by atoms with Crippen LogP contribution in [0.15, 0.2) is 24.3 Å². The Balaban J connectivity index is 1.81. The van der Waals surface area contributed by atoms with Gasteiger partial charge in [0.2, 0.25) is 11.8 Å². The maximum absolute atomic E-state index is 13.4. The predicted molar refractivity (Wildman–Crippen MR) is 130 cm³/mol. The number of carbonyl (C=O) groups is 5. The number of hydroxylamine groups is 2. The van der Waals surface area contributed by atoms with Crippen LogP contribution in [0.1, 0.15) is 61.8 Å². The lowest BCUT2D eigenvalue weighted by Gasteiger charge is -2.32. The van der Waals surface area contributed by atoms with Crippen molar-refractivity contribution in [1.29, 1.82) is 0 Å². The number of amides is 5. The number of rotatable bonds is 8. The minimum Gasteiger partial charge on any atom is -0.357 e. The quantitative estimate of drug-likeness (QED) is 0.303. The van der Waals surface area contributed by atoms with Gasteiger partial charge in [-0.1, -0.05) is 46.8 Å². The molecule has 1 saturated heterocycles. The summed E-state index contributed by atoms with van der Waals surface area (Å²) in [6.45, 7) is 8.95. The van der Waals surface area contributed by atoms with Crippen LogP contribution in [0.3, 0.4) is 0 Å². The summed E-state index contributed by atoms with van der Waals surface area (Å²) in [6.07, 6.45) is -0.794. The van der Waals surface area contributed by atoms with Crippen LogP contribution in [-0.2, 0) is 14.4 Å². The highest BCUT2D eigenvalue weighted by molar-refractivity contribution is 6.21. The second-order valence-corrected chi connectivity index (χ2v) is 10.8.